The summed E-state index contributed by atoms with van der Waals surface area (Å²) in [6.07, 6.45) is 9.61. The number of amides is 2. The van der Waals surface area contributed by atoms with Crippen LogP contribution in [0.2, 0.25) is 0 Å². The van der Waals surface area contributed by atoms with Crippen molar-refractivity contribution in [2.24, 2.45) is 16.1 Å². The quantitative estimate of drug-likeness (QED) is 0.722. The Hall–Kier alpha value is -1.50. The summed E-state index contributed by atoms with van der Waals surface area (Å²) < 4.78 is 0. The summed E-state index contributed by atoms with van der Waals surface area (Å²) >= 11 is 0. The number of terminal acetylenes is 1. The van der Waals surface area contributed by atoms with Crippen LogP contribution >= 0.6 is 0 Å². The van der Waals surface area contributed by atoms with Crippen molar-refractivity contribution in [3.8, 4) is 12.3 Å². The van der Waals surface area contributed by atoms with E-state index in [1.807, 2.05) is 6.92 Å². The van der Waals surface area contributed by atoms with Gasteiger partial charge in [-0.3, -0.25) is 4.90 Å². The van der Waals surface area contributed by atoms with Gasteiger partial charge in [-0.25, -0.2) is 4.79 Å². The summed E-state index contributed by atoms with van der Waals surface area (Å²) in [5, 5.41) is 0. The summed E-state index contributed by atoms with van der Waals surface area (Å²) in [4.78, 5) is 17.8. The van der Waals surface area contributed by atoms with E-state index in [0.717, 1.165) is 25.7 Å². The van der Waals surface area contributed by atoms with Crippen molar-refractivity contribution in [3.05, 3.63) is 0 Å². The molecule has 2 aliphatic rings. The normalized spacial score (nSPS) is 32.2. The smallest absolute Gasteiger partial charge is 0.347 e. The fourth-order valence-electron chi connectivity index (χ4n) is 3.52. The van der Waals surface area contributed by atoms with E-state index in [0.29, 0.717) is 5.84 Å². The van der Waals surface area contributed by atoms with Crippen molar-refractivity contribution < 1.29 is 4.79 Å². The third-order valence-corrected chi connectivity index (χ3v) is 4.60. The molecular formula is C14H21N3O. The molecule has 0 aromatic heterocycles. The standard InChI is InChI=1S/C14H21N3O/c1-5-10(2)17-12(18)16-11(15)14(17)9-7-6-8-13(14,3)4/h1,10H,6-9H2,2-4H3,(H2,15,16,18). The van der Waals surface area contributed by atoms with Crippen LogP contribution in [-0.2, 0) is 0 Å². The van der Waals surface area contributed by atoms with E-state index in [9.17, 15) is 4.79 Å². The second-order valence-electron chi connectivity index (χ2n) is 5.94. The molecule has 2 unspecified atom stereocenters. The maximum Gasteiger partial charge on any atom is 0.347 e. The highest BCUT2D eigenvalue weighted by molar-refractivity contribution is 6.06. The monoisotopic (exact) mass is 247 g/mol. The molecule has 4 heteroatoms. The molecule has 0 saturated heterocycles. The Balaban J connectivity index is 2.54. The highest BCUT2D eigenvalue weighted by Crippen LogP contribution is 2.50. The molecule has 0 bridgehead atoms. The first-order valence-corrected chi connectivity index (χ1v) is 6.51. The fraction of sp³-hybridized carbons (Fsp3) is 0.714. The van der Waals surface area contributed by atoms with Crippen LogP contribution in [0.25, 0.3) is 0 Å². The zero-order valence-corrected chi connectivity index (χ0v) is 11.4. The molecule has 0 aromatic rings. The van der Waals surface area contributed by atoms with E-state index >= 15 is 0 Å². The molecule has 2 rings (SSSR count). The first-order valence-electron chi connectivity index (χ1n) is 6.51. The number of hydrogen-bond donors (Lipinski definition) is 1. The van der Waals surface area contributed by atoms with Crippen molar-refractivity contribution in [2.75, 3.05) is 0 Å². The van der Waals surface area contributed by atoms with Crippen molar-refractivity contribution in [3.63, 3.8) is 0 Å². The maximum atomic E-state index is 12.1. The molecule has 2 atom stereocenters. The number of nitrogens with two attached hydrogens (primary N) is 1. The van der Waals surface area contributed by atoms with Gasteiger partial charge in [-0.05, 0) is 25.2 Å². The van der Waals surface area contributed by atoms with Crippen molar-refractivity contribution in [1.29, 1.82) is 0 Å². The Morgan fingerprint density at radius 3 is 2.61 bits per heavy atom. The SMILES string of the molecule is C#CC(C)N1C(=O)N=C(N)C12CCCCC2(C)C. The average molecular weight is 247 g/mol. The first-order chi connectivity index (χ1) is 8.37. The van der Waals surface area contributed by atoms with E-state index in [4.69, 9.17) is 12.2 Å². The van der Waals surface area contributed by atoms with E-state index in [1.165, 1.54) is 0 Å². The molecule has 1 aliphatic heterocycles. The van der Waals surface area contributed by atoms with Crippen LogP contribution < -0.4 is 5.73 Å². The molecule has 18 heavy (non-hydrogen) atoms. The molecule has 4 nitrogen and oxygen atoms in total. The largest absolute Gasteiger partial charge is 0.385 e. The Morgan fingerprint density at radius 1 is 1.44 bits per heavy atom. The molecular weight excluding hydrogens is 226 g/mol. The molecule has 2 amide bonds. The van der Waals surface area contributed by atoms with Gasteiger partial charge in [-0.1, -0.05) is 32.6 Å². The lowest BCUT2D eigenvalue weighted by molar-refractivity contribution is 0.0289. The number of aliphatic imine (C=N–C) groups is 1. The van der Waals surface area contributed by atoms with E-state index < -0.39 is 5.54 Å². The van der Waals surface area contributed by atoms with Crippen molar-refractivity contribution in [1.82, 2.24) is 4.90 Å². The van der Waals surface area contributed by atoms with Gasteiger partial charge in [0.25, 0.3) is 0 Å². The van der Waals surface area contributed by atoms with Crippen LogP contribution in [0.1, 0.15) is 46.5 Å². The van der Waals surface area contributed by atoms with E-state index in [1.54, 1.807) is 4.90 Å². The highest BCUT2D eigenvalue weighted by atomic mass is 16.2. The van der Waals surface area contributed by atoms with Gasteiger partial charge in [-0.2, -0.15) is 4.99 Å². The zero-order valence-electron chi connectivity index (χ0n) is 11.4. The van der Waals surface area contributed by atoms with Gasteiger partial charge in [0.05, 0.1) is 6.04 Å². The third kappa shape index (κ3) is 1.46. The molecule has 0 aromatic carbocycles. The molecule has 98 valence electrons. The summed E-state index contributed by atoms with van der Waals surface area (Å²) in [7, 11) is 0. The van der Waals surface area contributed by atoms with Crippen LogP contribution in [-0.4, -0.2) is 28.3 Å². The number of carbonyl (C=O) groups excluding carboxylic acids is 1. The fourth-order valence-corrected chi connectivity index (χ4v) is 3.52. The molecule has 0 radical (unpaired) electrons. The molecule has 1 fully saturated rings. The average Bonchev–Trinajstić information content (AvgIpc) is 2.55. The van der Waals surface area contributed by atoms with Crippen LogP contribution in [0.5, 0.6) is 0 Å². The number of carbonyl (C=O) groups is 1. The summed E-state index contributed by atoms with van der Waals surface area (Å²) in [6, 6.07) is -0.562. The van der Waals surface area contributed by atoms with Gasteiger partial charge in [0, 0.05) is 0 Å². The second kappa shape index (κ2) is 4.01. The zero-order chi connectivity index (χ0) is 13.6. The lowest BCUT2D eigenvalue weighted by atomic mass is 9.61. The highest BCUT2D eigenvalue weighted by Gasteiger charge is 2.59. The van der Waals surface area contributed by atoms with Gasteiger partial charge in [-0.15, -0.1) is 6.42 Å². The number of urea groups is 1. The topological polar surface area (TPSA) is 58.7 Å². The third-order valence-electron chi connectivity index (χ3n) is 4.60. The first kappa shape index (κ1) is 12.9. The van der Waals surface area contributed by atoms with Crippen LogP contribution in [0.15, 0.2) is 4.99 Å². The predicted molar refractivity (Wildman–Crippen MR) is 72.1 cm³/mol. The van der Waals surface area contributed by atoms with Crippen molar-refractivity contribution in [2.45, 2.75) is 58.0 Å². The maximum absolute atomic E-state index is 12.1. The van der Waals surface area contributed by atoms with E-state index in [2.05, 4.69) is 24.8 Å². The Labute approximate surface area is 109 Å². The van der Waals surface area contributed by atoms with Gasteiger partial charge in [0.15, 0.2) is 0 Å². The van der Waals surface area contributed by atoms with Gasteiger partial charge < -0.3 is 5.73 Å². The molecule has 1 saturated carbocycles. The Morgan fingerprint density at radius 2 is 2.06 bits per heavy atom. The number of nitrogens with zero attached hydrogens (tertiary/aromatic N) is 2. The van der Waals surface area contributed by atoms with Crippen LogP contribution in [0, 0.1) is 17.8 Å². The molecule has 1 aliphatic carbocycles. The van der Waals surface area contributed by atoms with Crippen LogP contribution in [0.4, 0.5) is 4.79 Å². The summed E-state index contributed by atoms with van der Waals surface area (Å²) in [5.74, 6) is 3.09. The second-order valence-corrected chi connectivity index (χ2v) is 5.94. The van der Waals surface area contributed by atoms with Crippen LogP contribution in [0.3, 0.4) is 0 Å². The molecule has 1 spiro atoms. The summed E-state index contributed by atoms with van der Waals surface area (Å²) in [5.41, 5.74) is 5.53. The lowest BCUT2D eigenvalue weighted by Crippen LogP contribution is -2.65. The van der Waals surface area contributed by atoms with Crippen molar-refractivity contribution >= 4 is 11.9 Å². The van der Waals surface area contributed by atoms with Gasteiger partial charge >= 0.3 is 6.03 Å². The van der Waals surface area contributed by atoms with Gasteiger partial charge in [0.1, 0.15) is 11.4 Å². The van der Waals surface area contributed by atoms with Gasteiger partial charge in [0.2, 0.25) is 0 Å². The number of amidine groups is 1. The lowest BCUT2D eigenvalue weighted by Gasteiger charge is -2.53. The number of rotatable bonds is 1. The summed E-state index contributed by atoms with van der Waals surface area (Å²) in [6.45, 7) is 6.17. The minimum atomic E-state index is -0.492. The number of hydrogen-bond acceptors (Lipinski definition) is 2. The van der Waals surface area contributed by atoms with E-state index in [-0.39, 0.29) is 17.5 Å². The molecule has 2 N–H and O–H groups in total. The Bertz CT molecular complexity index is 446. The predicted octanol–water partition coefficient (Wildman–Crippen LogP) is 2.14. The minimum absolute atomic E-state index is 0.0872. The minimum Gasteiger partial charge on any atom is -0.385 e. The Kier molecular flexibility index (Phi) is 2.89. The molecule has 1 heterocycles.